The van der Waals surface area contributed by atoms with Crippen LogP contribution < -0.4 is 0 Å². The van der Waals surface area contributed by atoms with Gasteiger partial charge >= 0.3 is 0 Å². The summed E-state index contributed by atoms with van der Waals surface area (Å²) in [5, 5.41) is 18.9. The number of aliphatic hydroxyl groups is 1. The minimum atomic E-state index is -3.79. The van der Waals surface area contributed by atoms with Gasteiger partial charge in [0, 0.05) is 30.4 Å². The molecule has 1 aromatic heterocycles. The van der Waals surface area contributed by atoms with Crippen LogP contribution >= 0.6 is 11.6 Å². The van der Waals surface area contributed by atoms with Gasteiger partial charge in [0.15, 0.2) is 0 Å². The number of nitrogens with zero attached hydrogens (tertiary/aromatic N) is 3. The van der Waals surface area contributed by atoms with Crippen LogP contribution in [0.15, 0.2) is 53.6 Å². The second-order valence-corrected chi connectivity index (χ2v) is 9.42. The van der Waals surface area contributed by atoms with Crippen LogP contribution in [0.3, 0.4) is 0 Å². The molecule has 0 unspecified atom stereocenters. The highest BCUT2D eigenvalue weighted by Crippen LogP contribution is 2.31. The topological polar surface area (TPSA) is 110 Å². The van der Waals surface area contributed by atoms with Gasteiger partial charge in [-0.05, 0) is 43.2 Å². The van der Waals surface area contributed by atoms with Crippen molar-refractivity contribution >= 4 is 21.6 Å². The van der Waals surface area contributed by atoms with Gasteiger partial charge in [0.25, 0.3) is 0 Å². The van der Waals surface area contributed by atoms with Gasteiger partial charge in [-0.1, -0.05) is 23.7 Å². The molecule has 0 bridgehead atoms. The number of H-pyrrole nitrogens is 1. The Morgan fingerprint density at radius 2 is 1.93 bits per heavy atom. The predicted molar refractivity (Wildman–Crippen MR) is 113 cm³/mol. The Balaban J connectivity index is 1.67. The van der Waals surface area contributed by atoms with Crippen LogP contribution in [0, 0.1) is 11.3 Å². The van der Waals surface area contributed by atoms with Crippen molar-refractivity contribution in [2.45, 2.75) is 23.8 Å². The molecule has 1 fully saturated rings. The van der Waals surface area contributed by atoms with E-state index in [0.717, 1.165) is 5.56 Å². The molecule has 4 rings (SSSR count). The smallest absolute Gasteiger partial charge is 0.244 e. The van der Waals surface area contributed by atoms with Crippen LogP contribution in [0.25, 0.3) is 22.6 Å². The molecule has 1 aliphatic rings. The Bertz CT molecular complexity index is 1230. The lowest BCUT2D eigenvalue weighted by Gasteiger charge is -2.29. The van der Waals surface area contributed by atoms with E-state index in [2.05, 4.69) is 16.0 Å². The quantitative estimate of drug-likeness (QED) is 0.643. The van der Waals surface area contributed by atoms with Gasteiger partial charge < -0.3 is 10.1 Å². The molecular formula is C21H19ClN4O3S. The molecule has 0 radical (unpaired) electrons. The Kier molecular flexibility index (Phi) is 5.62. The number of piperidine rings is 1. The van der Waals surface area contributed by atoms with Gasteiger partial charge in [-0.15, -0.1) is 0 Å². The summed E-state index contributed by atoms with van der Waals surface area (Å²) in [6.07, 6.45) is 2.04. The van der Waals surface area contributed by atoms with E-state index in [1.54, 1.807) is 36.5 Å². The number of aromatic nitrogens is 2. The van der Waals surface area contributed by atoms with Crippen LogP contribution in [-0.4, -0.2) is 47.0 Å². The Morgan fingerprint density at radius 1 is 1.17 bits per heavy atom. The third kappa shape index (κ3) is 3.98. The van der Waals surface area contributed by atoms with Gasteiger partial charge in [-0.2, -0.15) is 9.57 Å². The van der Waals surface area contributed by atoms with Crippen molar-refractivity contribution in [3.8, 4) is 28.7 Å². The number of sulfonamides is 1. The number of benzene rings is 2. The third-order valence-corrected chi connectivity index (χ3v) is 7.49. The van der Waals surface area contributed by atoms with Crippen LogP contribution in [-0.2, 0) is 10.0 Å². The van der Waals surface area contributed by atoms with E-state index >= 15 is 0 Å². The number of nitrogens with one attached hydrogen (secondary N) is 1. The zero-order valence-corrected chi connectivity index (χ0v) is 17.5. The van der Waals surface area contributed by atoms with Crippen LogP contribution in [0.1, 0.15) is 18.4 Å². The standard InChI is InChI=1S/C21H19ClN4O3S/c22-18-5-4-16(11-20(18)30(28,29)26-8-6-17(27)7-9-26)21-24-13-19(25-21)15-3-1-2-14(10-15)12-23/h1-5,10-11,13,17,27H,6-9H2,(H,24,25). The summed E-state index contributed by atoms with van der Waals surface area (Å²) >= 11 is 6.23. The lowest BCUT2D eigenvalue weighted by molar-refractivity contribution is 0.113. The Morgan fingerprint density at radius 3 is 2.67 bits per heavy atom. The maximum atomic E-state index is 13.1. The fourth-order valence-corrected chi connectivity index (χ4v) is 5.41. The second kappa shape index (κ2) is 8.20. The molecule has 0 aliphatic carbocycles. The molecule has 3 aromatic rings. The molecule has 2 heterocycles. The first kappa shape index (κ1) is 20.6. The maximum Gasteiger partial charge on any atom is 0.244 e. The Hall–Kier alpha value is -2.70. The van der Waals surface area contributed by atoms with Crippen molar-refractivity contribution in [1.29, 1.82) is 5.26 Å². The summed E-state index contributed by atoms with van der Waals surface area (Å²) in [7, 11) is -3.79. The minimum Gasteiger partial charge on any atom is -0.393 e. The van der Waals surface area contributed by atoms with Gasteiger partial charge in [-0.3, -0.25) is 0 Å². The van der Waals surface area contributed by atoms with E-state index in [9.17, 15) is 13.5 Å². The number of hydrogen-bond acceptors (Lipinski definition) is 5. The van der Waals surface area contributed by atoms with E-state index in [-0.39, 0.29) is 23.0 Å². The van der Waals surface area contributed by atoms with Crippen LogP contribution in [0.4, 0.5) is 0 Å². The average molecular weight is 443 g/mol. The zero-order valence-electron chi connectivity index (χ0n) is 15.9. The van der Waals surface area contributed by atoms with Gasteiger partial charge in [0.05, 0.1) is 28.5 Å². The van der Waals surface area contributed by atoms with Crippen molar-refractivity contribution in [3.63, 3.8) is 0 Å². The van der Waals surface area contributed by atoms with Crippen molar-refractivity contribution in [1.82, 2.24) is 14.3 Å². The molecule has 1 aliphatic heterocycles. The molecule has 9 heteroatoms. The van der Waals surface area contributed by atoms with Crippen LogP contribution in [0.2, 0.25) is 5.02 Å². The fourth-order valence-electron chi connectivity index (χ4n) is 3.44. The lowest BCUT2D eigenvalue weighted by Crippen LogP contribution is -2.40. The number of rotatable bonds is 4. The van der Waals surface area contributed by atoms with E-state index in [0.29, 0.717) is 35.5 Å². The summed E-state index contributed by atoms with van der Waals surface area (Å²) in [6, 6.07) is 13.9. The summed E-state index contributed by atoms with van der Waals surface area (Å²) < 4.78 is 27.5. The fraction of sp³-hybridized carbons (Fsp3) is 0.238. The largest absolute Gasteiger partial charge is 0.393 e. The van der Waals surface area contributed by atoms with Gasteiger partial charge in [-0.25, -0.2) is 13.4 Å². The first-order valence-electron chi connectivity index (χ1n) is 9.42. The van der Waals surface area contributed by atoms with Gasteiger partial charge in [0.2, 0.25) is 10.0 Å². The summed E-state index contributed by atoms with van der Waals surface area (Å²) in [4.78, 5) is 7.63. The minimum absolute atomic E-state index is 0.0162. The highest BCUT2D eigenvalue weighted by atomic mass is 35.5. The van der Waals surface area contributed by atoms with Crippen molar-refractivity contribution < 1.29 is 13.5 Å². The highest BCUT2D eigenvalue weighted by molar-refractivity contribution is 7.89. The van der Waals surface area contributed by atoms with E-state index in [1.165, 1.54) is 10.4 Å². The number of halogens is 1. The SMILES string of the molecule is N#Cc1cccc(-c2c[nH]c(-c3ccc(Cl)c(S(=O)(=O)N4CCC(O)CC4)c3)n2)c1. The number of aromatic amines is 1. The van der Waals surface area contributed by atoms with Crippen molar-refractivity contribution in [2.24, 2.45) is 0 Å². The first-order chi connectivity index (χ1) is 14.4. The van der Waals surface area contributed by atoms with Crippen molar-refractivity contribution in [3.05, 3.63) is 59.2 Å². The molecule has 30 heavy (non-hydrogen) atoms. The molecule has 0 saturated carbocycles. The highest BCUT2D eigenvalue weighted by Gasteiger charge is 2.30. The van der Waals surface area contributed by atoms with E-state index in [4.69, 9.17) is 16.9 Å². The molecule has 154 valence electrons. The molecular weight excluding hydrogens is 424 g/mol. The average Bonchev–Trinajstić information content (AvgIpc) is 3.24. The molecule has 0 atom stereocenters. The third-order valence-electron chi connectivity index (χ3n) is 5.11. The van der Waals surface area contributed by atoms with E-state index < -0.39 is 16.1 Å². The predicted octanol–water partition coefficient (Wildman–Crippen LogP) is 3.41. The van der Waals surface area contributed by atoms with Crippen molar-refractivity contribution in [2.75, 3.05) is 13.1 Å². The zero-order chi connectivity index (χ0) is 21.3. The Labute approximate surface area is 179 Å². The molecule has 1 saturated heterocycles. The molecule has 2 N–H and O–H groups in total. The van der Waals surface area contributed by atoms with Crippen LogP contribution in [0.5, 0.6) is 0 Å². The maximum absolute atomic E-state index is 13.1. The molecule has 0 amide bonds. The summed E-state index contributed by atoms with van der Waals surface area (Å²) in [5.74, 6) is 0.495. The molecule has 7 nitrogen and oxygen atoms in total. The summed E-state index contributed by atoms with van der Waals surface area (Å²) in [6.45, 7) is 0.508. The summed E-state index contributed by atoms with van der Waals surface area (Å²) in [5.41, 5.74) is 2.54. The normalized spacial score (nSPS) is 15.8. The molecule has 2 aromatic carbocycles. The number of aliphatic hydroxyl groups excluding tert-OH is 1. The van der Waals surface area contributed by atoms with Gasteiger partial charge in [0.1, 0.15) is 10.7 Å². The number of hydrogen-bond donors (Lipinski definition) is 2. The monoisotopic (exact) mass is 442 g/mol. The lowest BCUT2D eigenvalue weighted by atomic mass is 10.1. The van der Waals surface area contributed by atoms with E-state index in [1.807, 2.05) is 6.07 Å². The molecule has 0 spiro atoms. The first-order valence-corrected chi connectivity index (χ1v) is 11.2. The second-order valence-electron chi connectivity index (χ2n) is 7.11. The number of nitriles is 1. The number of imidazole rings is 1.